The Balaban J connectivity index is 1.87. The lowest BCUT2D eigenvalue weighted by Crippen LogP contribution is -2.72. The van der Waals surface area contributed by atoms with E-state index in [1.54, 1.807) is 10.8 Å². The number of anilines is 1. The normalized spacial score (nSPS) is 18.4. The third-order valence-corrected chi connectivity index (χ3v) is 6.91. The molecule has 0 spiro atoms. The molecule has 1 aromatic rings. The van der Waals surface area contributed by atoms with Crippen molar-refractivity contribution in [2.75, 3.05) is 37.0 Å². The van der Waals surface area contributed by atoms with E-state index in [2.05, 4.69) is 36.4 Å². The molecule has 1 aliphatic rings. The summed E-state index contributed by atoms with van der Waals surface area (Å²) >= 11 is 0. The molecule has 0 saturated carbocycles. The zero-order valence-electron chi connectivity index (χ0n) is 17.0. The molecule has 0 aromatic heterocycles. The van der Waals surface area contributed by atoms with Gasteiger partial charge in [0.1, 0.15) is 12.6 Å². The van der Waals surface area contributed by atoms with Crippen LogP contribution in [0.3, 0.4) is 0 Å². The second-order valence-electron chi connectivity index (χ2n) is 6.62. The van der Waals surface area contributed by atoms with Crippen LogP contribution in [-0.4, -0.2) is 44.2 Å². The molecule has 28 heavy (non-hydrogen) atoms. The first kappa shape index (κ1) is 22.7. The molecule has 1 heterocycles. The Hall–Kier alpha value is -1.63. The van der Waals surface area contributed by atoms with Crippen LogP contribution in [0, 0.1) is 0 Å². The van der Waals surface area contributed by atoms with Crippen molar-refractivity contribution >= 4 is 39.3 Å². The van der Waals surface area contributed by atoms with Crippen molar-refractivity contribution < 1.29 is 14.8 Å². The maximum Gasteiger partial charge on any atom is 0.325 e. The van der Waals surface area contributed by atoms with Crippen molar-refractivity contribution in [2.24, 2.45) is 0 Å². The van der Waals surface area contributed by atoms with Crippen molar-refractivity contribution in [3.63, 3.8) is 0 Å². The van der Waals surface area contributed by atoms with E-state index in [0.29, 0.717) is 0 Å². The number of likely N-dealkylation sites (N-methyl/N-ethyl adjacent to an activating group) is 1. The second-order valence-corrected chi connectivity index (χ2v) is 9.25. The lowest BCUT2D eigenvalue weighted by atomic mass is 10.1. The van der Waals surface area contributed by atoms with E-state index in [4.69, 9.17) is 4.74 Å². The Morgan fingerprint density at radius 1 is 1.29 bits per heavy atom. The van der Waals surface area contributed by atoms with Gasteiger partial charge in [-0.1, -0.05) is 51.9 Å². The highest BCUT2D eigenvalue weighted by molar-refractivity contribution is 8.76. The molecule has 2 rings (SSSR count). The number of rotatable bonds is 8. The van der Waals surface area contributed by atoms with Gasteiger partial charge < -0.3 is 15.0 Å². The van der Waals surface area contributed by atoms with Gasteiger partial charge in [-0.3, -0.25) is 4.79 Å². The first-order valence-electron chi connectivity index (χ1n) is 9.68. The zero-order chi connectivity index (χ0) is 20.2. The molecule has 1 unspecified atom stereocenters. The number of benzene rings is 1. The molecule has 1 aromatic carbocycles. The lowest BCUT2D eigenvalue weighted by Gasteiger charge is -2.21. The predicted molar refractivity (Wildman–Crippen MR) is 124 cm³/mol. The van der Waals surface area contributed by atoms with Gasteiger partial charge in [0.25, 0.3) is 0 Å². The quantitative estimate of drug-likeness (QED) is 0.394. The summed E-state index contributed by atoms with van der Waals surface area (Å²) in [6.07, 6.45) is 12.5. The maximum atomic E-state index is 12.3. The van der Waals surface area contributed by atoms with Crippen LogP contribution in [0.2, 0.25) is 0 Å². The number of esters is 1. The largest absolute Gasteiger partial charge is 0.460 e. The SMILES string of the molecule is C/C=C(\C=C/[NH2+]C)/C=C/c1ccc(N(C)CC(=O)OC2CCCSSC2)cc1. The number of nitrogens with two attached hydrogens (primary N) is 1. The van der Waals surface area contributed by atoms with Crippen LogP contribution in [0.15, 0.2) is 54.3 Å². The lowest BCUT2D eigenvalue weighted by molar-refractivity contribution is -0.556. The third kappa shape index (κ3) is 8.17. The molecule has 4 nitrogen and oxygen atoms in total. The summed E-state index contributed by atoms with van der Waals surface area (Å²) in [5, 5.41) is 2.01. The molecule has 1 fully saturated rings. The molecule has 1 aliphatic heterocycles. The van der Waals surface area contributed by atoms with Crippen LogP contribution in [0.1, 0.15) is 25.3 Å². The summed E-state index contributed by atoms with van der Waals surface area (Å²) in [5.74, 6) is 1.88. The van der Waals surface area contributed by atoms with Crippen molar-refractivity contribution in [2.45, 2.75) is 25.9 Å². The first-order valence-corrected chi connectivity index (χ1v) is 12.2. The van der Waals surface area contributed by atoms with Crippen LogP contribution >= 0.6 is 21.6 Å². The van der Waals surface area contributed by atoms with E-state index in [0.717, 1.165) is 41.2 Å². The summed E-state index contributed by atoms with van der Waals surface area (Å²) in [6.45, 7) is 2.30. The molecule has 2 N–H and O–H groups in total. The van der Waals surface area contributed by atoms with Gasteiger partial charge in [-0.15, -0.1) is 0 Å². The van der Waals surface area contributed by atoms with E-state index in [-0.39, 0.29) is 18.6 Å². The average Bonchev–Trinajstić information content (AvgIpc) is 2.97. The van der Waals surface area contributed by atoms with Crippen molar-refractivity contribution in [3.8, 4) is 0 Å². The fraction of sp³-hybridized carbons (Fsp3) is 0.409. The molecule has 0 aliphatic carbocycles. The number of quaternary nitrogens is 1. The van der Waals surface area contributed by atoms with Gasteiger partial charge in [0.2, 0.25) is 0 Å². The standard InChI is InChI=1S/C22H30N2O2S2/c1-4-18(13-14-23-2)7-8-19-9-11-20(12-10-19)24(3)16-22(25)26-21-6-5-15-27-28-17-21/h4,7-14,21,23H,5-6,15-17H2,1-3H3/p+1/b8-7+,14-13-,18-4-. The summed E-state index contributed by atoms with van der Waals surface area (Å²) in [4.78, 5) is 14.2. The molecule has 6 heteroatoms. The topological polar surface area (TPSA) is 46.2 Å². The van der Waals surface area contributed by atoms with Gasteiger partial charge in [0, 0.05) is 24.2 Å². The van der Waals surface area contributed by atoms with Gasteiger partial charge in [0.05, 0.1) is 13.2 Å². The van der Waals surface area contributed by atoms with Gasteiger partial charge in [-0.2, -0.15) is 0 Å². The predicted octanol–water partition coefficient (Wildman–Crippen LogP) is 3.88. The minimum atomic E-state index is -0.152. The smallest absolute Gasteiger partial charge is 0.325 e. The highest BCUT2D eigenvalue weighted by Gasteiger charge is 2.18. The summed E-state index contributed by atoms with van der Waals surface area (Å²) < 4.78 is 5.66. The number of allylic oxidation sites excluding steroid dienone is 4. The van der Waals surface area contributed by atoms with E-state index in [1.807, 2.05) is 60.4 Å². The number of hydrogen-bond donors (Lipinski definition) is 1. The second kappa shape index (κ2) is 12.8. The van der Waals surface area contributed by atoms with Crippen LogP contribution in [0.5, 0.6) is 0 Å². The molecular formula is C22H31N2O2S2+. The summed E-state index contributed by atoms with van der Waals surface area (Å²) in [7, 11) is 7.61. The van der Waals surface area contributed by atoms with E-state index in [9.17, 15) is 4.79 Å². The van der Waals surface area contributed by atoms with Gasteiger partial charge >= 0.3 is 5.97 Å². The van der Waals surface area contributed by atoms with E-state index < -0.39 is 0 Å². The Bertz CT molecular complexity index is 691. The van der Waals surface area contributed by atoms with Crippen LogP contribution in [-0.2, 0) is 9.53 Å². The van der Waals surface area contributed by atoms with Gasteiger partial charge in [-0.05, 0) is 49.1 Å². The van der Waals surface area contributed by atoms with Gasteiger partial charge in [-0.25, -0.2) is 0 Å². The monoisotopic (exact) mass is 419 g/mol. The Labute approximate surface area is 176 Å². The van der Waals surface area contributed by atoms with Gasteiger partial charge in [0.15, 0.2) is 0 Å². The van der Waals surface area contributed by atoms with E-state index >= 15 is 0 Å². The highest BCUT2D eigenvalue weighted by Crippen LogP contribution is 2.29. The molecule has 1 saturated heterocycles. The Morgan fingerprint density at radius 2 is 2.07 bits per heavy atom. The molecular weight excluding hydrogens is 388 g/mol. The number of ether oxygens (including phenoxy) is 1. The van der Waals surface area contributed by atoms with Crippen molar-refractivity contribution in [3.05, 3.63) is 59.8 Å². The van der Waals surface area contributed by atoms with Crippen LogP contribution in [0.4, 0.5) is 5.69 Å². The van der Waals surface area contributed by atoms with Crippen LogP contribution < -0.4 is 10.2 Å². The third-order valence-electron chi connectivity index (χ3n) is 4.37. The molecule has 152 valence electrons. The Morgan fingerprint density at radius 3 is 2.79 bits per heavy atom. The Kier molecular flexibility index (Phi) is 10.3. The summed E-state index contributed by atoms with van der Waals surface area (Å²) in [5.41, 5.74) is 3.30. The molecule has 0 amide bonds. The van der Waals surface area contributed by atoms with Crippen molar-refractivity contribution in [1.29, 1.82) is 0 Å². The highest BCUT2D eigenvalue weighted by atomic mass is 33.1. The zero-order valence-corrected chi connectivity index (χ0v) is 18.6. The van der Waals surface area contributed by atoms with Crippen molar-refractivity contribution in [1.82, 2.24) is 0 Å². The average molecular weight is 420 g/mol. The molecule has 1 atom stereocenters. The number of carbonyl (C=O) groups excluding carboxylic acids is 1. The number of nitrogens with zero attached hydrogens (tertiary/aromatic N) is 1. The summed E-state index contributed by atoms with van der Waals surface area (Å²) in [6, 6.07) is 8.21. The fourth-order valence-corrected chi connectivity index (χ4v) is 5.06. The fourth-order valence-electron chi connectivity index (χ4n) is 2.72. The van der Waals surface area contributed by atoms with E-state index in [1.165, 1.54) is 0 Å². The maximum absolute atomic E-state index is 12.3. The minimum Gasteiger partial charge on any atom is -0.460 e. The van der Waals surface area contributed by atoms with Crippen LogP contribution in [0.25, 0.3) is 6.08 Å². The minimum absolute atomic E-state index is 0.0496. The number of hydrogen-bond acceptors (Lipinski definition) is 5. The molecule has 0 radical (unpaired) electrons. The first-order chi connectivity index (χ1) is 13.6. The number of carbonyl (C=O) groups is 1. The molecule has 0 bridgehead atoms.